The number of non-ortho nitro benzene ring substituents is 1. The monoisotopic (exact) mass is 317 g/mol. The molecule has 1 aliphatic rings. The minimum atomic E-state index is -0.406. The third kappa shape index (κ3) is 2.61. The minimum Gasteiger partial charge on any atom is -0.258 e. The Balaban J connectivity index is 2.00. The molecule has 0 amide bonds. The van der Waals surface area contributed by atoms with Gasteiger partial charge >= 0.3 is 0 Å². The van der Waals surface area contributed by atoms with Gasteiger partial charge in [0.05, 0.1) is 10.6 Å². The van der Waals surface area contributed by atoms with Crippen LogP contribution in [0.5, 0.6) is 0 Å². The van der Waals surface area contributed by atoms with E-state index in [1.807, 2.05) is 0 Å². The molecule has 0 unspecified atom stereocenters. The number of aromatic nitrogens is 3. The molecule has 2 heterocycles. The third-order valence-corrected chi connectivity index (χ3v) is 4.18. The SMILES string of the molecule is CC(C)(C)c1nnc2n1N=C(c1ccc([N+](=O)[O-])cc1)CS2. The highest BCUT2D eigenvalue weighted by Gasteiger charge is 2.27. The van der Waals surface area contributed by atoms with Crippen LogP contribution in [-0.4, -0.2) is 31.3 Å². The molecule has 1 aliphatic heterocycles. The van der Waals surface area contributed by atoms with Crippen molar-refractivity contribution in [1.82, 2.24) is 14.9 Å². The van der Waals surface area contributed by atoms with Gasteiger partial charge in [0.2, 0.25) is 5.16 Å². The Labute approximate surface area is 131 Å². The number of benzene rings is 1. The van der Waals surface area contributed by atoms with E-state index in [9.17, 15) is 10.1 Å². The number of nitro groups is 1. The molecule has 1 aromatic heterocycles. The second kappa shape index (κ2) is 5.20. The molecular weight excluding hydrogens is 302 g/mol. The lowest BCUT2D eigenvalue weighted by atomic mass is 9.96. The minimum absolute atomic E-state index is 0.0770. The molecule has 0 atom stereocenters. The maximum Gasteiger partial charge on any atom is 0.269 e. The second-order valence-corrected chi connectivity index (χ2v) is 6.95. The lowest BCUT2D eigenvalue weighted by molar-refractivity contribution is -0.384. The van der Waals surface area contributed by atoms with Gasteiger partial charge in [-0.25, -0.2) is 0 Å². The van der Waals surface area contributed by atoms with Crippen LogP contribution < -0.4 is 0 Å². The van der Waals surface area contributed by atoms with Gasteiger partial charge in [-0.15, -0.1) is 10.2 Å². The Bertz CT molecular complexity index is 759. The van der Waals surface area contributed by atoms with Crippen LogP contribution >= 0.6 is 11.8 Å². The standard InChI is InChI=1S/C14H15N5O2S/c1-14(2,3)12-15-16-13-18(12)17-11(8-22-13)9-4-6-10(7-5-9)19(20)21/h4-7H,8H2,1-3H3. The fourth-order valence-corrected chi connectivity index (χ4v) is 2.95. The summed E-state index contributed by atoms with van der Waals surface area (Å²) >= 11 is 1.56. The summed E-state index contributed by atoms with van der Waals surface area (Å²) in [5.74, 6) is 1.47. The van der Waals surface area contributed by atoms with Crippen LogP contribution in [0, 0.1) is 10.1 Å². The summed E-state index contributed by atoms with van der Waals surface area (Å²) in [6.07, 6.45) is 0. The third-order valence-electron chi connectivity index (χ3n) is 3.25. The van der Waals surface area contributed by atoms with Gasteiger partial charge in [0.1, 0.15) is 0 Å². The Morgan fingerprint density at radius 2 is 1.91 bits per heavy atom. The normalized spacial score (nSPS) is 14.4. The van der Waals surface area contributed by atoms with Gasteiger partial charge in [0, 0.05) is 23.3 Å². The molecule has 0 radical (unpaired) electrons. The summed E-state index contributed by atoms with van der Waals surface area (Å²) in [5.41, 5.74) is 1.65. The topological polar surface area (TPSA) is 86.2 Å². The van der Waals surface area contributed by atoms with Gasteiger partial charge in [-0.3, -0.25) is 10.1 Å². The smallest absolute Gasteiger partial charge is 0.258 e. The van der Waals surface area contributed by atoms with E-state index in [2.05, 4.69) is 36.1 Å². The first kappa shape index (κ1) is 14.7. The zero-order valence-corrected chi connectivity index (χ0v) is 13.3. The van der Waals surface area contributed by atoms with Crippen molar-refractivity contribution in [2.45, 2.75) is 31.3 Å². The number of rotatable bonds is 2. The van der Waals surface area contributed by atoms with Crippen LogP contribution in [0.4, 0.5) is 5.69 Å². The Morgan fingerprint density at radius 3 is 2.50 bits per heavy atom. The molecule has 0 fully saturated rings. The highest BCUT2D eigenvalue weighted by atomic mass is 32.2. The summed E-state index contributed by atoms with van der Waals surface area (Å²) in [7, 11) is 0. The van der Waals surface area contributed by atoms with Crippen molar-refractivity contribution in [3.05, 3.63) is 45.8 Å². The molecule has 0 saturated heterocycles. The maximum atomic E-state index is 10.7. The number of nitro benzene ring substituents is 1. The average Bonchev–Trinajstić information content (AvgIpc) is 2.90. The largest absolute Gasteiger partial charge is 0.269 e. The molecule has 22 heavy (non-hydrogen) atoms. The van der Waals surface area contributed by atoms with Crippen molar-refractivity contribution in [3.8, 4) is 0 Å². The van der Waals surface area contributed by atoms with Crippen LogP contribution in [0.2, 0.25) is 0 Å². The van der Waals surface area contributed by atoms with Crippen molar-refractivity contribution >= 4 is 23.2 Å². The van der Waals surface area contributed by atoms with E-state index in [0.717, 1.165) is 22.3 Å². The number of fused-ring (bicyclic) bond motifs is 1. The highest BCUT2D eigenvalue weighted by Crippen LogP contribution is 2.29. The molecule has 1 aromatic carbocycles. The van der Waals surface area contributed by atoms with Gasteiger partial charge in [0.25, 0.3) is 5.69 Å². The Morgan fingerprint density at radius 1 is 1.23 bits per heavy atom. The summed E-state index contributed by atoms with van der Waals surface area (Å²) < 4.78 is 1.77. The Kier molecular flexibility index (Phi) is 3.48. The van der Waals surface area contributed by atoms with Crippen molar-refractivity contribution in [1.29, 1.82) is 0 Å². The number of nitrogens with zero attached hydrogens (tertiary/aromatic N) is 5. The van der Waals surface area contributed by atoms with Gasteiger partial charge in [-0.1, -0.05) is 32.5 Å². The van der Waals surface area contributed by atoms with Crippen LogP contribution in [-0.2, 0) is 5.41 Å². The first-order chi connectivity index (χ1) is 10.4. The van der Waals surface area contributed by atoms with Gasteiger partial charge in [0.15, 0.2) is 5.82 Å². The van der Waals surface area contributed by atoms with E-state index in [4.69, 9.17) is 0 Å². The molecule has 0 spiro atoms. The molecule has 0 bridgehead atoms. The van der Waals surface area contributed by atoms with Crippen LogP contribution in [0.3, 0.4) is 0 Å². The van der Waals surface area contributed by atoms with Crippen LogP contribution in [0.25, 0.3) is 0 Å². The zero-order valence-electron chi connectivity index (χ0n) is 12.5. The lowest BCUT2D eigenvalue weighted by Gasteiger charge is -2.19. The first-order valence-electron chi connectivity index (χ1n) is 6.77. The van der Waals surface area contributed by atoms with Gasteiger partial charge in [-0.05, 0) is 17.7 Å². The van der Waals surface area contributed by atoms with Gasteiger partial charge < -0.3 is 0 Å². The molecule has 0 saturated carbocycles. The molecule has 8 heteroatoms. The van der Waals surface area contributed by atoms with Crippen molar-refractivity contribution < 1.29 is 4.92 Å². The fraction of sp³-hybridized carbons (Fsp3) is 0.357. The maximum absolute atomic E-state index is 10.7. The van der Waals surface area contributed by atoms with Gasteiger partial charge in [-0.2, -0.15) is 9.78 Å². The van der Waals surface area contributed by atoms with E-state index in [1.54, 1.807) is 28.6 Å². The van der Waals surface area contributed by atoms with E-state index >= 15 is 0 Å². The Hall–Kier alpha value is -2.22. The summed E-state index contributed by atoms with van der Waals surface area (Å²) in [5, 5.41) is 24.5. The predicted molar refractivity (Wildman–Crippen MR) is 84.5 cm³/mol. The number of hydrogen-bond acceptors (Lipinski definition) is 6. The molecule has 7 nitrogen and oxygen atoms in total. The molecule has 0 aliphatic carbocycles. The summed E-state index contributed by atoms with van der Waals surface area (Å²) in [4.78, 5) is 10.3. The number of thioether (sulfide) groups is 1. The molecule has 2 aromatic rings. The van der Waals surface area contributed by atoms with E-state index in [-0.39, 0.29) is 11.1 Å². The number of hydrogen-bond donors (Lipinski definition) is 0. The van der Waals surface area contributed by atoms with E-state index in [1.165, 1.54) is 12.1 Å². The van der Waals surface area contributed by atoms with Crippen LogP contribution in [0.15, 0.2) is 34.5 Å². The second-order valence-electron chi connectivity index (χ2n) is 6.01. The highest BCUT2D eigenvalue weighted by molar-refractivity contribution is 7.99. The lowest BCUT2D eigenvalue weighted by Crippen LogP contribution is -2.21. The quantitative estimate of drug-likeness (QED) is 0.628. The fourth-order valence-electron chi connectivity index (χ4n) is 2.11. The molecule has 114 valence electrons. The molecule has 0 N–H and O–H groups in total. The summed E-state index contributed by atoms with van der Waals surface area (Å²) in [6.45, 7) is 6.18. The predicted octanol–water partition coefficient (Wildman–Crippen LogP) is 2.84. The van der Waals surface area contributed by atoms with E-state index in [0.29, 0.717) is 5.75 Å². The first-order valence-corrected chi connectivity index (χ1v) is 7.76. The molecule has 3 rings (SSSR count). The van der Waals surface area contributed by atoms with Crippen LogP contribution in [0.1, 0.15) is 32.2 Å². The zero-order chi connectivity index (χ0) is 15.9. The van der Waals surface area contributed by atoms with E-state index < -0.39 is 4.92 Å². The summed E-state index contributed by atoms with van der Waals surface area (Å²) in [6, 6.07) is 6.44. The van der Waals surface area contributed by atoms with Crippen molar-refractivity contribution in [3.63, 3.8) is 0 Å². The molecular formula is C14H15N5O2S. The van der Waals surface area contributed by atoms with Crippen molar-refractivity contribution in [2.75, 3.05) is 5.75 Å². The van der Waals surface area contributed by atoms with Crippen molar-refractivity contribution in [2.24, 2.45) is 5.10 Å². The average molecular weight is 317 g/mol.